The monoisotopic (exact) mass is 309 g/mol. The first kappa shape index (κ1) is 14.2. The maximum absolute atomic E-state index is 12.2. The normalized spacial score (nSPS) is 24.9. The Morgan fingerprint density at radius 2 is 2.29 bits per heavy atom. The molecular weight excluding hydrogens is 294 g/mol. The molecule has 1 saturated heterocycles. The molecule has 2 aliphatic rings. The van der Waals surface area contributed by atoms with Gasteiger partial charge in [-0.1, -0.05) is 0 Å². The van der Waals surface area contributed by atoms with Crippen LogP contribution in [-0.2, 0) is 4.74 Å². The molecule has 0 aromatic carbocycles. The van der Waals surface area contributed by atoms with Gasteiger partial charge in [0.25, 0.3) is 5.91 Å². The lowest BCUT2D eigenvalue weighted by Crippen LogP contribution is -2.51. The van der Waals surface area contributed by atoms with E-state index in [1.807, 2.05) is 0 Å². The fourth-order valence-corrected chi connectivity index (χ4v) is 3.20. The molecule has 8 heteroatoms. The summed E-state index contributed by atoms with van der Waals surface area (Å²) in [6, 6.07) is -0.147. The highest BCUT2D eigenvalue weighted by atomic mass is 32.1. The van der Waals surface area contributed by atoms with Crippen LogP contribution >= 0.6 is 11.3 Å². The van der Waals surface area contributed by atoms with E-state index in [-0.39, 0.29) is 28.8 Å². The number of carboxylic acids is 1. The van der Waals surface area contributed by atoms with Gasteiger partial charge in [-0.05, 0) is 19.3 Å². The minimum atomic E-state index is -1.12. The molecule has 0 bridgehead atoms. The summed E-state index contributed by atoms with van der Waals surface area (Å²) >= 11 is 0.944. The molecule has 2 atom stereocenters. The predicted octanol–water partition coefficient (Wildman–Crippen LogP) is 0.963. The highest BCUT2D eigenvalue weighted by Gasteiger charge is 2.32. The standard InChI is InChI=1S/C13H15N3O4S/c17-11(8-6-21-12(16-8)13(18)19)15-7-3-5-20-9-2-1-4-14-10(7)9/h6-7,9H,1-5H2,(H,15,17)(H,18,19). The molecule has 0 saturated carbocycles. The molecule has 7 nitrogen and oxygen atoms in total. The van der Waals surface area contributed by atoms with Crippen molar-refractivity contribution in [3.8, 4) is 0 Å². The molecule has 1 aromatic heterocycles. The van der Waals surface area contributed by atoms with Crippen molar-refractivity contribution in [1.82, 2.24) is 10.3 Å². The molecule has 1 amide bonds. The molecule has 1 fully saturated rings. The van der Waals surface area contributed by atoms with Gasteiger partial charge in [0.05, 0.1) is 17.9 Å². The fourth-order valence-electron chi connectivity index (χ4n) is 2.57. The molecule has 21 heavy (non-hydrogen) atoms. The highest BCUT2D eigenvalue weighted by molar-refractivity contribution is 7.11. The van der Waals surface area contributed by atoms with Crippen LogP contribution in [0.25, 0.3) is 0 Å². The Morgan fingerprint density at radius 1 is 1.43 bits per heavy atom. The van der Waals surface area contributed by atoms with Crippen molar-refractivity contribution in [2.45, 2.75) is 31.4 Å². The van der Waals surface area contributed by atoms with E-state index in [1.54, 1.807) is 0 Å². The van der Waals surface area contributed by atoms with Crippen LogP contribution in [0.1, 0.15) is 39.6 Å². The lowest BCUT2D eigenvalue weighted by Gasteiger charge is -2.34. The summed E-state index contributed by atoms with van der Waals surface area (Å²) in [4.78, 5) is 31.3. The van der Waals surface area contributed by atoms with Crippen LogP contribution in [0, 0.1) is 0 Å². The number of carboxylic acid groups (broad SMARTS) is 1. The summed E-state index contributed by atoms with van der Waals surface area (Å²) in [7, 11) is 0. The third kappa shape index (κ3) is 2.96. The average Bonchev–Trinajstić information content (AvgIpc) is 2.98. The van der Waals surface area contributed by atoms with E-state index in [1.165, 1.54) is 5.38 Å². The quantitative estimate of drug-likeness (QED) is 0.866. The predicted molar refractivity (Wildman–Crippen MR) is 76.2 cm³/mol. The van der Waals surface area contributed by atoms with Crippen molar-refractivity contribution >= 4 is 28.9 Å². The van der Waals surface area contributed by atoms with Crippen molar-refractivity contribution < 1.29 is 19.4 Å². The van der Waals surface area contributed by atoms with Crippen LogP contribution in [0.5, 0.6) is 0 Å². The Balaban J connectivity index is 1.71. The van der Waals surface area contributed by atoms with Crippen molar-refractivity contribution in [2.75, 3.05) is 13.2 Å². The maximum atomic E-state index is 12.2. The summed E-state index contributed by atoms with van der Waals surface area (Å²) < 4.78 is 5.66. The van der Waals surface area contributed by atoms with Gasteiger partial charge < -0.3 is 15.2 Å². The van der Waals surface area contributed by atoms with E-state index in [0.29, 0.717) is 13.0 Å². The number of rotatable bonds is 3. The van der Waals surface area contributed by atoms with Gasteiger partial charge >= 0.3 is 5.97 Å². The van der Waals surface area contributed by atoms with Crippen LogP contribution in [-0.4, -0.2) is 53.0 Å². The number of aliphatic imine (C=N–C) groups is 1. The Morgan fingerprint density at radius 3 is 3.05 bits per heavy atom. The second-order valence-corrected chi connectivity index (χ2v) is 5.82. The van der Waals surface area contributed by atoms with Gasteiger partial charge in [0.1, 0.15) is 5.69 Å². The minimum Gasteiger partial charge on any atom is -0.476 e. The first-order valence-corrected chi connectivity index (χ1v) is 7.68. The van der Waals surface area contributed by atoms with Gasteiger partial charge in [0.2, 0.25) is 5.01 Å². The van der Waals surface area contributed by atoms with E-state index in [0.717, 1.165) is 36.4 Å². The molecule has 112 valence electrons. The fraction of sp³-hybridized carbons (Fsp3) is 0.538. The van der Waals surface area contributed by atoms with Crippen LogP contribution in [0.2, 0.25) is 0 Å². The summed E-state index contributed by atoms with van der Waals surface area (Å²) in [5, 5.41) is 13.1. The van der Waals surface area contributed by atoms with E-state index in [2.05, 4.69) is 15.3 Å². The van der Waals surface area contributed by atoms with E-state index >= 15 is 0 Å². The van der Waals surface area contributed by atoms with Crippen LogP contribution in [0.4, 0.5) is 0 Å². The minimum absolute atomic E-state index is 0.00261. The second-order valence-electron chi connectivity index (χ2n) is 4.97. The number of thiazole rings is 1. The van der Waals surface area contributed by atoms with Crippen molar-refractivity contribution in [1.29, 1.82) is 0 Å². The molecule has 3 heterocycles. The number of hydrogen-bond acceptors (Lipinski definition) is 6. The molecular formula is C13H15N3O4S. The Labute approximate surface area is 125 Å². The van der Waals surface area contributed by atoms with Crippen molar-refractivity contribution in [2.24, 2.45) is 4.99 Å². The number of ether oxygens (including phenoxy) is 1. The lowest BCUT2D eigenvalue weighted by molar-refractivity contribution is 0.0611. The Kier molecular flexibility index (Phi) is 3.98. The Bertz CT molecular complexity index is 598. The van der Waals surface area contributed by atoms with Gasteiger partial charge in [0, 0.05) is 18.5 Å². The summed E-state index contributed by atoms with van der Waals surface area (Å²) in [6.07, 6.45) is 2.62. The number of aromatic nitrogens is 1. The van der Waals surface area contributed by atoms with Crippen molar-refractivity contribution in [3.63, 3.8) is 0 Å². The lowest BCUT2D eigenvalue weighted by atomic mass is 9.94. The smallest absolute Gasteiger partial charge is 0.365 e. The summed E-state index contributed by atoms with van der Waals surface area (Å²) in [5.41, 5.74) is 1.03. The number of amides is 1. The third-order valence-corrected chi connectivity index (χ3v) is 4.39. The number of aromatic carboxylic acids is 1. The third-order valence-electron chi connectivity index (χ3n) is 3.56. The SMILES string of the molecule is O=C(NC1CCOC2CCCN=C12)c1csc(C(=O)O)n1. The summed E-state index contributed by atoms with van der Waals surface area (Å²) in [6.45, 7) is 1.35. The topological polar surface area (TPSA) is 101 Å². The molecule has 2 N–H and O–H groups in total. The van der Waals surface area contributed by atoms with Crippen LogP contribution in [0.15, 0.2) is 10.4 Å². The van der Waals surface area contributed by atoms with E-state index < -0.39 is 5.97 Å². The molecule has 0 aliphatic carbocycles. The van der Waals surface area contributed by atoms with E-state index in [4.69, 9.17) is 9.84 Å². The molecule has 0 spiro atoms. The molecule has 0 radical (unpaired) electrons. The van der Waals surface area contributed by atoms with Crippen LogP contribution < -0.4 is 5.32 Å². The second kappa shape index (κ2) is 5.90. The zero-order valence-electron chi connectivity index (χ0n) is 11.2. The largest absolute Gasteiger partial charge is 0.476 e. The molecule has 2 aliphatic heterocycles. The first-order valence-electron chi connectivity index (χ1n) is 6.80. The zero-order valence-corrected chi connectivity index (χ0v) is 12.1. The number of nitrogens with one attached hydrogen (secondary N) is 1. The van der Waals surface area contributed by atoms with Gasteiger partial charge in [-0.25, -0.2) is 9.78 Å². The van der Waals surface area contributed by atoms with E-state index in [9.17, 15) is 9.59 Å². The van der Waals surface area contributed by atoms with Gasteiger partial charge in [-0.15, -0.1) is 11.3 Å². The average molecular weight is 309 g/mol. The zero-order chi connectivity index (χ0) is 14.8. The molecule has 2 unspecified atom stereocenters. The van der Waals surface area contributed by atoms with Gasteiger partial charge in [0.15, 0.2) is 0 Å². The number of hydrogen-bond donors (Lipinski definition) is 2. The Hall–Kier alpha value is -1.80. The van der Waals surface area contributed by atoms with Crippen LogP contribution in [0.3, 0.4) is 0 Å². The first-order chi connectivity index (χ1) is 10.1. The van der Waals surface area contributed by atoms with Crippen molar-refractivity contribution in [3.05, 3.63) is 16.1 Å². The number of carbonyl (C=O) groups is 2. The number of carbonyl (C=O) groups excluding carboxylic acids is 1. The van der Waals surface area contributed by atoms with Gasteiger partial charge in [-0.3, -0.25) is 9.79 Å². The number of nitrogens with zero attached hydrogens (tertiary/aromatic N) is 2. The summed E-state index contributed by atoms with van der Waals surface area (Å²) in [5.74, 6) is -1.49. The number of fused-ring (bicyclic) bond motifs is 1. The maximum Gasteiger partial charge on any atom is 0.365 e. The highest BCUT2D eigenvalue weighted by Crippen LogP contribution is 2.20. The molecule has 3 rings (SSSR count). The molecule has 1 aromatic rings. The van der Waals surface area contributed by atoms with Gasteiger partial charge in [-0.2, -0.15) is 0 Å².